The minimum absolute atomic E-state index is 0.0151. The molecule has 1 aliphatic carbocycles. The number of nitrogens with two attached hydrogens (primary N) is 1. The van der Waals surface area contributed by atoms with Crippen molar-refractivity contribution < 1.29 is 14.3 Å². The second kappa shape index (κ2) is 7.42. The zero-order valence-electron chi connectivity index (χ0n) is 16.0. The summed E-state index contributed by atoms with van der Waals surface area (Å²) in [5, 5.41) is 3.61. The lowest BCUT2D eigenvalue weighted by molar-refractivity contribution is -0.00194. The van der Waals surface area contributed by atoms with Gasteiger partial charge >= 0.3 is 0 Å². The van der Waals surface area contributed by atoms with E-state index >= 15 is 0 Å². The number of aromatic nitrogens is 1. The van der Waals surface area contributed by atoms with Crippen LogP contribution in [-0.2, 0) is 10.3 Å². The maximum absolute atomic E-state index is 12.7. The number of aliphatic imine (C=N–C) groups is 1. The molecule has 2 aliphatic heterocycles. The lowest BCUT2D eigenvalue weighted by atomic mass is 9.67. The molecule has 5 rings (SSSR count). The molecule has 1 amide bonds. The average Bonchev–Trinajstić information content (AvgIpc) is 3.12. The van der Waals surface area contributed by atoms with E-state index in [9.17, 15) is 4.79 Å². The van der Waals surface area contributed by atoms with E-state index in [0.717, 1.165) is 28.6 Å². The van der Waals surface area contributed by atoms with Gasteiger partial charge in [-0.1, -0.05) is 27.5 Å². The zero-order valence-corrected chi connectivity index (χ0v) is 18.3. The van der Waals surface area contributed by atoms with Gasteiger partial charge in [-0.05, 0) is 49.6 Å². The molecule has 156 valence electrons. The molecule has 1 spiro atoms. The second-order valence-electron chi connectivity index (χ2n) is 7.91. The van der Waals surface area contributed by atoms with Gasteiger partial charge in [0.25, 0.3) is 11.9 Å². The number of benzene rings is 1. The van der Waals surface area contributed by atoms with Crippen LogP contribution >= 0.6 is 27.5 Å². The van der Waals surface area contributed by atoms with Gasteiger partial charge in [-0.25, -0.2) is 9.98 Å². The van der Waals surface area contributed by atoms with Gasteiger partial charge in [-0.3, -0.25) is 4.79 Å². The summed E-state index contributed by atoms with van der Waals surface area (Å²) in [4.78, 5) is 21.5. The maximum atomic E-state index is 12.7. The SMILES string of the molecule is NC1=N[C@@]2(CO1)c1cc(Br)ccc1O[C@@H]1CC[C@H](NC(=O)c3ccc(Cl)cn3)C[C@H]12. The van der Waals surface area contributed by atoms with Crippen molar-refractivity contribution in [1.29, 1.82) is 0 Å². The van der Waals surface area contributed by atoms with Crippen LogP contribution in [0.1, 0.15) is 35.3 Å². The Hall–Kier alpha value is -2.32. The summed E-state index contributed by atoms with van der Waals surface area (Å²) in [7, 11) is 0. The molecule has 9 heteroatoms. The van der Waals surface area contributed by atoms with Gasteiger partial charge in [-0.15, -0.1) is 0 Å². The first-order chi connectivity index (χ1) is 14.4. The number of nitrogens with zero attached hydrogens (tertiary/aromatic N) is 2. The third-order valence-electron chi connectivity index (χ3n) is 6.13. The van der Waals surface area contributed by atoms with Crippen LogP contribution in [0.3, 0.4) is 0 Å². The number of nitrogens with one attached hydrogen (secondary N) is 1. The quantitative estimate of drug-likeness (QED) is 0.671. The van der Waals surface area contributed by atoms with E-state index in [1.165, 1.54) is 6.20 Å². The lowest BCUT2D eigenvalue weighted by Crippen LogP contribution is -2.54. The Bertz CT molecular complexity index is 1030. The summed E-state index contributed by atoms with van der Waals surface area (Å²) in [5.74, 6) is 0.627. The Kier molecular flexibility index (Phi) is 4.86. The molecule has 30 heavy (non-hydrogen) atoms. The number of halogens is 2. The minimum Gasteiger partial charge on any atom is -0.490 e. The molecule has 1 saturated carbocycles. The first-order valence-electron chi connectivity index (χ1n) is 9.82. The minimum atomic E-state index is -0.617. The van der Waals surface area contributed by atoms with Crippen LogP contribution in [0.4, 0.5) is 0 Å². The van der Waals surface area contributed by atoms with Crippen molar-refractivity contribution in [2.75, 3.05) is 6.61 Å². The summed E-state index contributed by atoms with van der Waals surface area (Å²) >= 11 is 9.42. The predicted molar refractivity (Wildman–Crippen MR) is 116 cm³/mol. The van der Waals surface area contributed by atoms with Crippen LogP contribution in [0.25, 0.3) is 0 Å². The van der Waals surface area contributed by atoms with Gasteiger partial charge in [-0.2, -0.15) is 0 Å². The fraction of sp³-hybridized carbons (Fsp3) is 0.381. The molecule has 0 saturated heterocycles. The third kappa shape index (κ3) is 3.32. The Morgan fingerprint density at radius 3 is 2.90 bits per heavy atom. The van der Waals surface area contributed by atoms with Gasteiger partial charge in [0.05, 0.1) is 5.02 Å². The van der Waals surface area contributed by atoms with Crippen molar-refractivity contribution in [3.05, 3.63) is 57.3 Å². The molecule has 1 fully saturated rings. The molecule has 1 aromatic carbocycles. The number of carbonyl (C=O) groups excluding carboxylic acids is 1. The number of hydrogen-bond acceptors (Lipinski definition) is 6. The van der Waals surface area contributed by atoms with Crippen LogP contribution in [0.2, 0.25) is 5.02 Å². The average molecular weight is 492 g/mol. The van der Waals surface area contributed by atoms with Crippen LogP contribution in [0.15, 0.2) is 46.0 Å². The van der Waals surface area contributed by atoms with Crippen molar-refractivity contribution in [3.63, 3.8) is 0 Å². The van der Waals surface area contributed by atoms with Crippen molar-refractivity contribution in [2.45, 2.75) is 36.9 Å². The van der Waals surface area contributed by atoms with Gasteiger partial charge in [0, 0.05) is 28.2 Å². The molecule has 3 N–H and O–H groups in total. The normalized spacial score (nSPS) is 29.3. The first-order valence-corrected chi connectivity index (χ1v) is 11.0. The summed E-state index contributed by atoms with van der Waals surface area (Å²) < 4.78 is 12.9. The Balaban J connectivity index is 1.43. The molecule has 0 radical (unpaired) electrons. The molecule has 4 atom stereocenters. The van der Waals surface area contributed by atoms with Gasteiger partial charge in [0.15, 0.2) is 0 Å². The molecule has 2 aromatic rings. The monoisotopic (exact) mass is 490 g/mol. The van der Waals surface area contributed by atoms with Gasteiger partial charge in [0.2, 0.25) is 0 Å². The van der Waals surface area contributed by atoms with E-state index in [0.29, 0.717) is 23.7 Å². The highest BCUT2D eigenvalue weighted by molar-refractivity contribution is 9.10. The van der Waals surface area contributed by atoms with E-state index in [4.69, 9.17) is 31.8 Å². The molecular weight excluding hydrogens is 472 g/mol. The molecule has 3 heterocycles. The summed E-state index contributed by atoms with van der Waals surface area (Å²) in [6.45, 7) is 0.367. The number of carbonyl (C=O) groups is 1. The highest BCUT2D eigenvalue weighted by atomic mass is 79.9. The van der Waals surface area contributed by atoms with E-state index in [1.54, 1.807) is 12.1 Å². The largest absolute Gasteiger partial charge is 0.490 e. The lowest BCUT2D eigenvalue weighted by Gasteiger charge is -2.48. The first kappa shape index (κ1) is 19.6. The van der Waals surface area contributed by atoms with Crippen molar-refractivity contribution in [2.24, 2.45) is 16.6 Å². The number of hydrogen-bond donors (Lipinski definition) is 2. The highest BCUT2D eigenvalue weighted by Crippen LogP contribution is 2.52. The van der Waals surface area contributed by atoms with E-state index in [2.05, 4.69) is 26.2 Å². The number of rotatable bonds is 2. The van der Waals surface area contributed by atoms with Gasteiger partial charge in [0.1, 0.15) is 29.7 Å². The highest BCUT2D eigenvalue weighted by Gasteiger charge is 2.55. The number of fused-ring (bicyclic) bond motifs is 4. The fourth-order valence-electron chi connectivity index (χ4n) is 4.77. The fourth-order valence-corrected chi connectivity index (χ4v) is 5.24. The molecule has 1 aromatic heterocycles. The maximum Gasteiger partial charge on any atom is 0.283 e. The van der Waals surface area contributed by atoms with Crippen LogP contribution in [-0.4, -0.2) is 35.7 Å². The third-order valence-corrected chi connectivity index (χ3v) is 6.85. The summed E-state index contributed by atoms with van der Waals surface area (Å²) in [6.07, 6.45) is 3.77. The van der Waals surface area contributed by atoms with Crippen LogP contribution < -0.4 is 15.8 Å². The number of amides is 1. The zero-order chi connectivity index (χ0) is 20.9. The topological polar surface area (TPSA) is 98.8 Å². The second-order valence-corrected chi connectivity index (χ2v) is 9.26. The number of amidine groups is 1. The molecule has 0 bridgehead atoms. The predicted octanol–water partition coefficient (Wildman–Crippen LogP) is 3.40. The van der Waals surface area contributed by atoms with Crippen molar-refractivity contribution in [1.82, 2.24) is 10.3 Å². The van der Waals surface area contributed by atoms with Crippen molar-refractivity contribution >= 4 is 39.5 Å². The van der Waals surface area contributed by atoms with Crippen LogP contribution in [0.5, 0.6) is 5.75 Å². The standard InChI is InChI=1S/C21H20BrClN4O3/c22-11-1-5-17-14(7-11)21(10-29-20(24)27-21)15-8-13(3-6-18(15)30-17)26-19(28)16-4-2-12(23)9-25-16/h1-2,4-5,7,9,13,15,18H,3,6,8,10H2,(H2,24,27)(H,26,28)/t13-,15+,18+,21-/m0/s1. The van der Waals surface area contributed by atoms with Crippen LogP contribution in [0, 0.1) is 5.92 Å². The summed E-state index contributed by atoms with van der Waals surface area (Å²) in [5.41, 5.74) is 6.64. The number of ether oxygens (including phenoxy) is 2. The van der Waals surface area contributed by atoms with E-state index in [-0.39, 0.29) is 30.0 Å². The smallest absolute Gasteiger partial charge is 0.283 e. The van der Waals surface area contributed by atoms with E-state index in [1.807, 2.05) is 18.2 Å². The van der Waals surface area contributed by atoms with E-state index < -0.39 is 5.54 Å². The Labute approximate surface area is 187 Å². The Morgan fingerprint density at radius 1 is 1.30 bits per heavy atom. The molecular formula is C21H20BrClN4O3. The van der Waals surface area contributed by atoms with Gasteiger partial charge < -0.3 is 20.5 Å². The number of pyridine rings is 1. The van der Waals surface area contributed by atoms with Crippen molar-refractivity contribution in [3.8, 4) is 5.75 Å². The molecule has 0 unspecified atom stereocenters. The summed E-state index contributed by atoms with van der Waals surface area (Å²) in [6, 6.07) is 9.39. The molecule has 7 nitrogen and oxygen atoms in total. The molecule has 3 aliphatic rings. The Morgan fingerprint density at radius 2 is 2.17 bits per heavy atom.